The summed E-state index contributed by atoms with van der Waals surface area (Å²) in [5.74, 6) is 0.990. The summed E-state index contributed by atoms with van der Waals surface area (Å²) >= 11 is 0. The fraction of sp³-hybridized carbons (Fsp3) is 0.0476. The molecule has 0 radical (unpaired) electrons. The van der Waals surface area contributed by atoms with Gasteiger partial charge < -0.3 is 4.74 Å². The van der Waals surface area contributed by atoms with Crippen LogP contribution in [0.25, 0.3) is 65.7 Å². The Kier molecular flexibility index (Phi) is 5.39. The predicted octanol–water partition coefficient (Wildman–Crippen LogP) is 11.1. The number of para-hydroxylation sites is 1. The molecule has 1 aliphatic heterocycles. The normalized spacial score (nSPS) is 15.6. The van der Waals surface area contributed by atoms with Gasteiger partial charge in [0.25, 0.3) is 0 Å². The molecule has 1 heteroatoms. The molecule has 2 aliphatic rings. The molecule has 0 amide bonds. The van der Waals surface area contributed by atoms with Crippen LogP contribution in [0.2, 0.25) is 0 Å². The van der Waals surface area contributed by atoms with Crippen molar-refractivity contribution in [3.8, 4) is 28.0 Å². The van der Waals surface area contributed by atoms with Gasteiger partial charge >= 0.3 is 0 Å². The average Bonchev–Trinajstić information content (AvgIpc) is 3.45. The third kappa shape index (κ3) is 3.78. The van der Waals surface area contributed by atoms with E-state index in [-0.39, 0.29) is 6.10 Å². The zero-order valence-electron chi connectivity index (χ0n) is 23.6. The monoisotopic (exact) mass is 548 g/mol. The zero-order valence-corrected chi connectivity index (χ0v) is 23.6. The number of fused-ring (bicyclic) bond motifs is 6. The fourth-order valence-corrected chi connectivity index (χ4v) is 7.22. The van der Waals surface area contributed by atoms with Gasteiger partial charge in [0.1, 0.15) is 11.9 Å². The first-order valence-corrected chi connectivity index (χ1v) is 15.0. The number of allylic oxidation sites excluding steroid dienone is 2. The lowest BCUT2D eigenvalue weighted by molar-refractivity contribution is 0.279. The standard InChI is InChI=1S/C42H28O/c1-2-12-28-25-29(22-21-27(28)11-1)31-13-3-4-15-33(31)42-36-18-7-5-16-34(36)41(35-17-6-8-19-37(35)42)30-23-24-40-38(26-30)32-14-9-10-20-39(32)43-40/h1-23,25-26,40H,24H2. The van der Waals surface area contributed by atoms with Crippen molar-refractivity contribution in [2.24, 2.45) is 0 Å². The second kappa shape index (κ2) is 9.58. The molecule has 0 saturated carbocycles. The first kappa shape index (κ1) is 24.2. The summed E-state index contributed by atoms with van der Waals surface area (Å²) in [6, 6.07) is 50.6. The van der Waals surface area contributed by atoms with Crippen molar-refractivity contribution in [3.05, 3.63) is 163 Å². The molecule has 0 bridgehead atoms. The van der Waals surface area contributed by atoms with Gasteiger partial charge in [0.2, 0.25) is 0 Å². The van der Waals surface area contributed by atoms with Gasteiger partial charge in [-0.2, -0.15) is 0 Å². The highest BCUT2D eigenvalue weighted by Gasteiger charge is 2.31. The number of ether oxygens (including phenoxy) is 1. The van der Waals surface area contributed by atoms with E-state index in [0.29, 0.717) is 0 Å². The lowest BCUT2D eigenvalue weighted by Crippen LogP contribution is -2.13. The summed E-state index contributed by atoms with van der Waals surface area (Å²) < 4.78 is 6.32. The minimum absolute atomic E-state index is 0.0896. The largest absolute Gasteiger partial charge is 0.485 e. The highest BCUT2D eigenvalue weighted by molar-refractivity contribution is 6.21. The third-order valence-electron chi connectivity index (χ3n) is 9.15. The van der Waals surface area contributed by atoms with Crippen LogP contribution in [0.4, 0.5) is 0 Å². The molecule has 9 rings (SSSR count). The second-order valence-corrected chi connectivity index (χ2v) is 11.5. The van der Waals surface area contributed by atoms with E-state index < -0.39 is 0 Å². The molecule has 1 atom stereocenters. The Morgan fingerprint density at radius 2 is 1.07 bits per heavy atom. The summed E-state index contributed by atoms with van der Waals surface area (Å²) in [6.45, 7) is 0. The highest BCUT2D eigenvalue weighted by atomic mass is 16.5. The Balaban J connectivity index is 1.31. The first-order chi connectivity index (χ1) is 21.3. The molecule has 7 aromatic carbocycles. The Morgan fingerprint density at radius 1 is 0.488 bits per heavy atom. The molecule has 0 aromatic heterocycles. The Hall–Kier alpha value is -5.40. The quantitative estimate of drug-likeness (QED) is 0.200. The van der Waals surface area contributed by atoms with E-state index in [9.17, 15) is 0 Å². The van der Waals surface area contributed by atoms with Gasteiger partial charge in [-0.25, -0.2) is 0 Å². The smallest absolute Gasteiger partial charge is 0.128 e. The number of hydrogen-bond acceptors (Lipinski definition) is 1. The van der Waals surface area contributed by atoms with E-state index in [1.165, 1.54) is 76.8 Å². The van der Waals surface area contributed by atoms with Crippen LogP contribution in [0.3, 0.4) is 0 Å². The van der Waals surface area contributed by atoms with Crippen LogP contribution in [0, 0.1) is 0 Å². The van der Waals surface area contributed by atoms with Gasteiger partial charge in [0.15, 0.2) is 0 Å². The Labute approximate surface area is 251 Å². The van der Waals surface area contributed by atoms with E-state index in [0.717, 1.165) is 12.2 Å². The maximum Gasteiger partial charge on any atom is 0.128 e. The third-order valence-corrected chi connectivity index (χ3v) is 9.15. The molecule has 1 aliphatic carbocycles. The van der Waals surface area contributed by atoms with Gasteiger partial charge in [-0.3, -0.25) is 0 Å². The molecular weight excluding hydrogens is 520 g/mol. The molecule has 202 valence electrons. The minimum atomic E-state index is 0.0896. The van der Waals surface area contributed by atoms with Crippen molar-refractivity contribution in [1.82, 2.24) is 0 Å². The second-order valence-electron chi connectivity index (χ2n) is 11.5. The molecule has 7 aromatic rings. The molecule has 0 fully saturated rings. The van der Waals surface area contributed by atoms with Gasteiger partial charge in [0, 0.05) is 17.6 Å². The van der Waals surface area contributed by atoms with Gasteiger partial charge in [-0.1, -0.05) is 133 Å². The van der Waals surface area contributed by atoms with Crippen LogP contribution in [-0.4, -0.2) is 6.10 Å². The molecule has 0 N–H and O–H groups in total. The zero-order chi connectivity index (χ0) is 28.3. The Bertz CT molecular complexity index is 2240. The predicted molar refractivity (Wildman–Crippen MR) is 181 cm³/mol. The summed E-state index contributed by atoms with van der Waals surface area (Å²) in [5, 5.41) is 7.61. The van der Waals surface area contributed by atoms with E-state index in [1.807, 2.05) is 0 Å². The van der Waals surface area contributed by atoms with E-state index in [1.54, 1.807) is 0 Å². The van der Waals surface area contributed by atoms with Crippen molar-refractivity contribution in [1.29, 1.82) is 0 Å². The molecule has 1 heterocycles. The summed E-state index contributed by atoms with van der Waals surface area (Å²) in [4.78, 5) is 0. The summed E-state index contributed by atoms with van der Waals surface area (Å²) in [6.07, 6.45) is 5.70. The van der Waals surface area contributed by atoms with Crippen molar-refractivity contribution in [2.75, 3.05) is 0 Å². The van der Waals surface area contributed by atoms with Gasteiger partial charge in [-0.05, 0) is 83.9 Å². The van der Waals surface area contributed by atoms with Gasteiger partial charge in [0.05, 0.1) is 0 Å². The summed E-state index contributed by atoms with van der Waals surface area (Å²) in [7, 11) is 0. The van der Waals surface area contributed by atoms with E-state index in [4.69, 9.17) is 4.74 Å². The SMILES string of the molecule is C1=C(c2c3ccccc3c(-c3ccccc3-c3ccc4ccccc4c3)c3ccccc23)C=C2c3ccccc3OC2C1. The maximum atomic E-state index is 6.32. The minimum Gasteiger partial charge on any atom is -0.485 e. The number of hydrogen-bond donors (Lipinski definition) is 0. The molecule has 0 saturated heterocycles. The highest BCUT2D eigenvalue weighted by Crippen LogP contribution is 2.48. The van der Waals surface area contributed by atoms with Gasteiger partial charge in [-0.15, -0.1) is 0 Å². The van der Waals surface area contributed by atoms with Crippen LogP contribution in [0.5, 0.6) is 5.75 Å². The maximum absolute atomic E-state index is 6.32. The summed E-state index contributed by atoms with van der Waals surface area (Å²) in [5.41, 5.74) is 10.1. The molecule has 1 nitrogen and oxygen atoms in total. The van der Waals surface area contributed by atoms with Crippen LogP contribution < -0.4 is 4.74 Å². The van der Waals surface area contributed by atoms with E-state index in [2.05, 4.69) is 152 Å². The van der Waals surface area contributed by atoms with Crippen molar-refractivity contribution < 1.29 is 4.74 Å². The molecule has 43 heavy (non-hydrogen) atoms. The fourth-order valence-electron chi connectivity index (χ4n) is 7.22. The molecule has 0 spiro atoms. The first-order valence-electron chi connectivity index (χ1n) is 15.0. The lowest BCUT2D eigenvalue weighted by atomic mass is 9.81. The van der Waals surface area contributed by atoms with Crippen LogP contribution in [0.1, 0.15) is 17.5 Å². The van der Waals surface area contributed by atoms with Crippen LogP contribution >= 0.6 is 0 Å². The average molecular weight is 549 g/mol. The van der Waals surface area contributed by atoms with Crippen molar-refractivity contribution >= 4 is 43.5 Å². The topological polar surface area (TPSA) is 9.23 Å². The van der Waals surface area contributed by atoms with E-state index >= 15 is 0 Å². The van der Waals surface area contributed by atoms with Crippen molar-refractivity contribution in [2.45, 2.75) is 12.5 Å². The number of benzene rings is 7. The van der Waals surface area contributed by atoms with Crippen LogP contribution in [-0.2, 0) is 0 Å². The lowest BCUT2D eigenvalue weighted by Gasteiger charge is -2.22. The molecular formula is C42H28O. The Morgan fingerprint density at radius 3 is 1.81 bits per heavy atom. The molecule has 1 unspecified atom stereocenters. The van der Waals surface area contributed by atoms with Crippen molar-refractivity contribution in [3.63, 3.8) is 0 Å². The van der Waals surface area contributed by atoms with Crippen LogP contribution in [0.15, 0.2) is 152 Å². The number of rotatable bonds is 3.